The highest BCUT2D eigenvalue weighted by molar-refractivity contribution is 7.99. The van der Waals surface area contributed by atoms with Gasteiger partial charge in [-0.05, 0) is 19.1 Å². The number of hydrogen-bond acceptors (Lipinski definition) is 5. The second kappa shape index (κ2) is 5.18. The Bertz CT molecular complexity index is 805. The molecule has 0 saturated carbocycles. The maximum atomic E-state index is 11.6. The summed E-state index contributed by atoms with van der Waals surface area (Å²) in [5, 5.41) is 3.59. The van der Waals surface area contributed by atoms with Gasteiger partial charge >= 0.3 is 0 Å². The van der Waals surface area contributed by atoms with Crippen molar-refractivity contribution in [1.82, 2.24) is 9.97 Å². The van der Waals surface area contributed by atoms with Crippen LogP contribution in [0.3, 0.4) is 0 Å². The topological polar surface area (TPSA) is 101 Å². The van der Waals surface area contributed by atoms with Crippen LogP contribution in [0.5, 0.6) is 0 Å². The summed E-state index contributed by atoms with van der Waals surface area (Å²) in [7, 11) is 0. The Kier molecular flexibility index (Phi) is 3.48. The van der Waals surface area contributed by atoms with Crippen LogP contribution in [0.2, 0.25) is 5.02 Å². The van der Waals surface area contributed by atoms with Gasteiger partial charge in [0.1, 0.15) is 6.04 Å². The van der Waals surface area contributed by atoms with E-state index in [0.29, 0.717) is 32.0 Å². The van der Waals surface area contributed by atoms with Gasteiger partial charge in [0.15, 0.2) is 5.16 Å². The molecule has 1 atom stereocenters. The molecule has 21 heavy (non-hydrogen) atoms. The Hall–Kier alpha value is -1.83. The van der Waals surface area contributed by atoms with Gasteiger partial charge in [-0.3, -0.25) is 9.59 Å². The molecule has 108 valence electrons. The summed E-state index contributed by atoms with van der Waals surface area (Å²) >= 11 is 7.44. The summed E-state index contributed by atoms with van der Waals surface area (Å²) in [6, 6.07) is 4.10. The van der Waals surface area contributed by atoms with Crippen molar-refractivity contribution in [3.05, 3.63) is 44.8 Å². The molecule has 4 N–H and O–H groups in total. The third kappa shape index (κ3) is 2.67. The van der Waals surface area contributed by atoms with E-state index in [1.54, 1.807) is 19.1 Å². The lowest BCUT2D eigenvalue weighted by Gasteiger charge is -2.08. The molecule has 0 bridgehead atoms. The molecule has 1 aromatic carbocycles. The van der Waals surface area contributed by atoms with Gasteiger partial charge in [-0.1, -0.05) is 23.4 Å². The fraction of sp³-hybridized carbons (Fsp3) is 0.154. The predicted octanol–water partition coefficient (Wildman–Crippen LogP) is 1.83. The van der Waals surface area contributed by atoms with Gasteiger partial charge in [-0.25, -0.2) is 4.98 Å². The van der Waals surface area contributed by atoms with Crippen molar-refractivity contribution < 1.29 is 4.79 Å². The summed E-state index contributed by atoms with van der Waals surface area (Å²) in [5.74, 6) is -0.259. The molecule has 0 fully saturated rings. The van der Waals surface area contributed by atoms with Crippen molar-refractivity contribution in [3.63, 3.8) is 0 Å². The van der Waals surface area contributed by atoms with E-state index in [1.165, 1.54) is 17.8 Å². The third-order valence-electron chi connectivity index (χ3n) is 3.03. The molecule has 0 saturated heterocycles. The number of hydrogen-bond donors (Lipinski definition) is 3. The minimum Gasteiger partial charge on any atom is -0.324 e. The first kappa shape index (κ1) is 14.1. The molecule has 1 amide bonds. The molecule has 1 unspecified atom stereocenters. The Balaban J connectivity index is 1.99. The summed E-state index contributed by atoms with van der Waals surface area (Å²) in [6.07, 6.45) is 0. The second-order valence-electron chi connectivity index (χ2n) is 4.63. The third-order valence-corrected chi connectivity index (χ3v) is 4.40. The molecule has 2 aromatic rings. The number of carbonyl (C=O) groups is 1. The van der Waals surface area contributed by atoms with Crippen molar-refractivity contribution in [1.29, 1.82) is 0 Å². The highest BCUT2D eigenvalue weighted by Gasteiger charge is 2.28. The van der Waals surface area contributed by atoms with Crippen LogP contribution in [0.15, 0.2) is 33.0 Å². The van der Waals surface area contributed by atoms with Crippen LogP contribution in [-0.4, -0.2) is 15.9 Å². The number of rotatable bonds is 2. The molecule has 1 aromatic heterocycles. The van der Waals surface area contributed by atoms with E-state index < -0.39 is 6.04 Å². The maximum absolute atomic E-state index is 11.6. The maximum Gasteiger partial charge on any atom is 0.251 e. The largest absolute Gasteiger partial charge is 0.324 e. The Labute approximate surface area is 129 Å². The van der Waals surface area contributed by atoms with Gasteiger partial charge in [-0.2, -0.15) is 0 Å². The van der Waals surface area contributed by atoms with Gasteiger partial charge < -0.3 is 16.0 Å². The Morgan fingerprint density at radius 3 is 2.81 bits per heavy atom. The van der Waals surface area contributed by atoms with Crippen LogP contribution < -0.4 is 16.6 Å². The zero-order valence-corrected chi connectivity index (χ0v) is 12.5. The molecule has 6 nitrogen and oxygen atoms in total. The number of nitrogens with one attached hydrogen (secondary N) is 2. The monoisotopic (exact) mass is 322 g/mol. The first-order valence-electron chi connectivity index (χ1n) is 6.10. The van der Waals surface area contributed by atoms with Crippen molar-refractivity contribution in [3.8, 4) is 0 Å². The van der Waals surface area contributed by atoms with Gasteiger partial charge in [-0.15, -0.1) is 0 Å². The number of benzene rings is 1. The minimum absolute atomic E-state index is 0.224. The number of amides is 1. The number of halogens is 1. The van der Waals surface area contributed by atoms with E-state index in [1.807, 2.05) is 0 Å². The summed E-state index contributed by atoms with van der Waals surface area (Å²) in [5.41, 5.74) is 7.46. The molecule has 2 heterocycles. The number of fused-ring (bicyclic) bond motifs is 1. The van der Waals surface area contributed by atoms with Gasteiger partial charge in [0.25, 0.3) is 5.56 Å². The Morgan fingerprint density at radius 1 is 1.33 bits per heavy atom. The fourth-order valence-electron chi connectivity index (χ4n) is 2.07. The van der Waals surface area contributed by atoms with E-state index >= 15 is 0 Å². The number of aromatic amines is 1. The fourth-order valence-corrected chi connectivity index (χ4v) is 3.24. The average Bonchev–Trinajstić information content (AvgIpc) is 2.65. The first-order valence-corrected chi connectivity index (χ1v) is 7.29. The number of aryl methyl sites for hydroxylation is 1. The van der Waals surface area contributed by atoms with Gasteiger partial charge in [0, 0.05) is 27.9 Å². The number of nitrogens with zero attached hydrogens (tertiary/aromatic N) is 1. The van der Waals surface area contributed by atoms with Crippen LogP contribution in [0.25, 0.3) is 0 Å². The summed E-state index contributed by atoms with van der Waals surface area (Å²) in [6.45, 7) is 1.74. The zero-order valence-electron chi connectivity index (χ0n) is 10.9. The average molecular weight is 323 g/mol. The molecular weight excluding hydrogens is 312 g/mol. The zero-order chi connectivity index (χ0) is 15.1. The Morgan fingerprint density at radius 2 is 2.10 bits per heavy atom. The number of H-pyrrole nitrogens is 1. The number of aromatic nitrogens is 2. The van der Waals surface area contributed by atoms with Crippen LogP contribution in [0, 0.1) is 6.92 Å². The quantitative estimate of drug-likeness (QED) is 0.732. The molecule has 8 heteroatoms. The predicted molar refractivity (Wildman–Crippen MR) is 80.7 cm³/mol. The number of anilines is 1. The van der Waals surface area contributed by atoms with E-state index in [9.17, 15) is 9.59 Å². The van der Waals surface area contributed by atoms with Gasteiger partial charge in [0.2, 0.25) is 5.91 Å². The highest BCUT2D eigenvalue weighted by Crippen LogP contribution is 2.39. The lowest BCUT2D eigenvalue weighted by Crippen LogP contribution is -2.19. The van der Waals surface area contributed by atoms with Crippen LogP contribution in [0.1, 0.15) is 17.3 Å². The van der Waals surface area contributed by atoms with Gasteiger partial charge in [0.05, 0.1) is 5.02 Å². The molecular formula is C13H11ClN4O2S. The lowest BCUT2D eigenvalue weighted by atomic mass is 10.1. The molecule has 3 rings (SSSR count). The highest BCUT2D eigenvalue weighted by atomic mass is 35.5. The van der Waals surface area contributed by atoms with E-state index in [0.717, 1.165) is 0 Å². The van der Waals surface area contributed by atoms with Crippen molar-refractivity contribution >= 4 is 35.0 Å². The first-order chi connectivity index (χ1) is 9.94. The van der Waals surface area contributed by atoms with Crippen molar-refractivity contribution in [2.45, 2.75) is 23.0 Å². The summed E-state index contributed by atoms with van der Waals surface area (Å²) in [4.78, 5) is 30.5. The molecule has 0 spiro atoms. The standard InChI is InChI=1S/C13H11ClN4O2S/c1-5-2-10(19)18-13(16-5)21-9-4-8-6(3-7(9)14)11(15)12(20)17-8/h2-4,11H,15H2,1H3,(H,17,20)(H,16,18,19). The molecule has 1 aliphatic rings. The normalized spacial score (nSPS) is 16.7. The van der Waals surface area contributed by atoms with Crippen molar-refractivity contribution in [2.75, 3.05) is 5.32 Å². The van der Waals surface area contributed by atoms with Crippen LogP contribution in [-0.2, 0) is 4.79 Å². The van der Waals surface area contributed by atoms with Crippen molar-refractivity contribution in [2.24, 2.45) is 5.73 Å². The van der Waals surface area contributed by atoms with Crippen LogP contribution in [0.4, 0.5) is 5.69 Å². The second-order valence-corrected chi connectivity index (χ2v) is 6.07. The van der Waals surface area contributed by atoms with E-state index in [4.69, 9.17) is 17.3 Å². The number of nitrogens with two attached hydrogens (primary N) is 1. The van der Waals surface area contributed by atoms with E-state index in [-0.39, 0.29) is 11.5 Å². The molecule has 0 aliphatic carbocycles. The number of carbonyl (C=O) groups excluding carboxylic acids is 1. The van der Waals surface area contributed by atoms with Crippen LogP contribution >= 0.6 is 23.4 Å². The van der Waals surface area contributed by atoms with E-state index in [2.05, 4.69) is 15.3 Å². The molecule has 0 radical (unpaired) electrons. The minimum atomic E-state index is -0.701. The smallest absolute Gasteiger partial charge is 0.251 e. The SMILES string of the molecule is Cc1cc(=O)[nH]c(Sc2cc3c(cc2Cl)C(N)C(=O)N3)n1. The summed E-state index contributed by atoms with van der Waals surface area (Å²) < 4.78 is 0. The molecule has 1 aliphatic heterocycles. The lowest BCUT2D eigenvalue weighted by molar-refractivity contribution is -0.116.